The van der Waals surface area contributed by atoms with Crippen LogP contribution in [0.2, 0.25) is 10.0 Å². The molecule has 0 spiro atoms. The van der Waals surface area contributed by atoms with Crippen molar-refractivity contribution in [1.29, 1.82) is 0 Å². The molecular weight excluding hydrogens is 393 g/mol. The molecule has 4 rings (SSSR count). The number of nitrogens with one attached hydrogen (secondary N) is 1. The minimum absolute atomic E-state index is 0.329. The van der Waals surface area contributed by atoms with E-state index >= 15 is 0 Å². The highest BCUT2D eigenvalue weighted by Gasteiger charge is 2.34. The maximum atomic E-state index is 6.42. The molecule has 4 nitrogen and oxygen atoms in total. The molecule has 2 fully saturated rings. The van der Waals surface area contributed by atoms with Gasteiger partial charge in [-0.25, -0.2) is 0 Å². The summed E-state index contributed by atoms with van der Waals surface area (Å²) in [4.78, 5) is 2.41. The second-order valence-corrected chi connectivity index (χ2v) is 9.06. The van der Waals surface area contributed by atoms with Gasteiger partial charge >= 0.3 is 0 Å². The molecule has 0 bridgehead atoms. The van der Waals surface area contributed by atoms with Gasteiger partial charge in [0.05, 0.1) is 23.4 Å². The average Bonchev–Trinajstić information content (AvgIpc) is 3.13. The highest BCUT2D eigenvalue weighted by molar-refractivity contribution is 6.31. The third-order valence-corrected chi connectivity index (χ3v) is 7.20. The lowest BCUT2D eigenvalue weighted by atomic mass is 9.82. The number of hydrogen-bond acceptors (Lipinski definition) is 3. The number of rotatable bonds is 5. The quantitative estimate of drug-likeness (QED) is 0.678. The Hall–Kier alpha value is -1.07. The van der Waals surface area contributed by atoms with E-state index in [4.69, 9.17) is 27.9 Å². The number of H-pyrrole nitrogens is 1. The summed E-state index contributed by atoms with van der Waals surface area (Å²) in [6.07, 6.45) is 8.88. The van der Waals surface area contributed by atoms with Crippen LogP contribution in [0.5, 0.6) is 0 Å². The predicted octanol–water partition coefficient (Wildman–Crippen LogP) is 5.64. The van der Waals surface area contributed by atoms with Crippen LogP contribution in [-0.2, 0) is 4.74 Å². The zero-order valence-electron chi connectivity index (χ0n) is 16.4. The van der Waals surface area contributed by atoms with Crippen LogP contribution < -0.4 is 0 Å². The van der Waals surface area contributed by atoms with Crippen LogP contribution in [0.25, 0.3) is 0 Å². The zero-order valence-corrected chi connectivity index (χ0v) is 17.9. The van der Waals surface area contributed by atoms with Gasteiger partial charge in [0, 0.05) is 23.2 Å². The molecule has 2 aromatic rings. The number of benzene rings is 1. The van der Waals surface area contributed by atoms with E-state index in [0.717, 1.165) is 61.0 Å². The van der Waals surface area contributed by atoms with Gasteiger partial charge in [-0.2, -0.15) is 5.10 Å². The van der Waals surface area contributed by atoms with Gasteiger partial charge in [-0.15, -0.1) is 0 Å². The number of aromatic nitrogens is 2. The normalized spacial score (nSPS) is 29.1. The monoisotopic (exact) mass is 421 g/mol. The minimum atomic E-state index is 0.329. The third-order valence-electron chi connectivity index (χ3n) is 6.55. The van der Waals surface area contributed by atoms with Gasteiger partial charge in [-0.3, -0.25) is 5.10 Å². The molecule has 1 saturated heterocycles. The number of piperidine rings is 1. The van der Waals surface area contributed by atoms with E-state index in [9.17, 15) is 0 Å². The van der Waals surface area contributed by atoms with E-state index in [0.29, 0.717) is 24.0 Å². The van der Waals surface area contributed by atoms with E-state index < -0.39 is 0 Å². The largest absolute Gasteiger partial charge is 0.377 e. The van der Waals surface area contributed by atoms with Crippen molar-refractivity contribution in [3.8, 4) is 0 Å². The molecule has 2 atom stereocenters. The van der Waals surface area contributed by atoms with Crippen LogP contribution in [0, 0.1) is 0 Å². The van der Waals surface area contributed by atoms with Crippen LogP contribution in [-0.4, -0.2) is 47.4 Å². The number of likely N-dealkylation sites (N-methyl/N-ethyl adjacent to an activating group) is 1. The van der Waals surface area contributed by atoms with Gasteiger partial charge in [0.25, 0.3) is 0 Å². The van der Waals surface area contributed by atoms with Gasteiger partial charge in [0.2, 0.25) is 0 Å². The Morgan fingerprint density at radius 3 is 2.61 bits per heavy atom. The third kappa shape index (κ3) is 4.40. The molecule has 28 heavy (non-hydrogen) atoms. The summed E-state index contributed by atoms with van der Waals surface area (Å²) in [5.74, 6) is 0.887. The molecule has 2 heterocycles. The number of ether oxygens (including phenoxy) is 1. The van der Waals surface area contributed by atoms with Gasteiger partial charge in [-0.1, -0.05) is 41.4 Å². The lowest BCUT2D eigenvalue weighted by molar-refractivity contribution is -0.0207. The van der Waals surface area contributed by atoms with E-state index in [-0.39, 0.29) is 0 Å². The number of hydrogen-bond donors (Lipinski definition) is 1. The summed E-state index contributed by atoms with van der Waals surface area (Å²) in [6, 6.07) is 8.59. The van der Waals surface area contributed by atoms with Crippen molar-refractivity contribution in [3.63, 3.8) is 0 Å². The van der Waals surface area contributed by atoms with Crippen LogP contribution in [0.1, 0.15) is 61.6 Å². The Bertz CT molecular complexity index is 773. The second-order valence-electron chi connectivity index (χ2n) is 8.24. The average molecular weight is 422 g/mol. The first-order valence-electron chi connectivity index (χ1n) is 10.4. The molecule has 1 N–H and O–H groups in total. The molecular formula is C22H29Cl2N3O. The van der Waals surface area contributed by atoms with Gasteiger partial charge in [-0.05, 0) is 69.7 Å². The summed E-state index contributed by atoms with van der Waals surface area (Å²) in [6.45, 7) is 1.84. The fourth-order valence-electron chi connectivity index (χ4n) is 4.92. The van der Waals surface area contributed by atoms with Crippen molar-refractivity contribution < 1.29 is 4.74 Å². The number of halogens is 2. The molecule has 0 amide bonds. The van der Waals surface area contributed by atoms with E-state index in [1.54, 1.807) is 6.20 Å². The molecule has 0 radical (unpaired) electrons. The first-order chi connectivity index (χ1) is 13.6. The van der Waals surface area contributed by atoms with Crippen molar-refractivity contribution in [1.82, 2.24) is 15.1 Å². The van der Waals surface area contributed by atoms with E-state index in [1.165, 1.54) is 12.0 Å². The molecule has 1 aliphatic heterocycles. The lowest BCUT2D eigenvalue weighted by Crippen LogP contribution is -2.45. The molecule has 152 valence electrons. The van der Waals surface area contributed by atoms with Crippen molar-refractivity contribution in [3.05, 3.63) is 51.8 Å². The minimum Gasteiger partial charge on any atom is -0.377 e. The second kappa shape index (κ2) is 9.17. The summed E-state index contributed by atoms with van der Waals surface area (Å²) in [7, 11) is 2.19. The molecule has 1 aromatic heterocycles. The Morgan fingerprint density at radius 1 is 1.11 bits per heavy atom. The van der Waals surface area contributed by atoms with Gasteiger partial charge in [0.15, 0.2) is 0 Å². The Kier molecular flexibility index (Phi) is 6.62. The molecule has 2 aliphatic rings. The topological polar surface area (TPSA) is 41.2 Å². The van der Waals surface area contributed by atoms with E-state index in [1.807, 2.05) is 12.1 Å². The maximum Gasteiger partial charge on any atom is 0.0855 e. The van der Waals surface area contributed by atoms with Crippen molar-refractivity contribution in [2.45, 2.75) is 62.5 Å². The highest BCUT2D eigenvalue weighted by Crippen LogP contribution is 2.38. The molecule has 1 aromatic carbocycles. The molecule has 0 unspecified atom stereocenters. The van der Waals surface area contributed by atoms with Crippen molar-refractivity contribution in [2.75, 3.05) is 20.2 Å². The Balaban J connectivity index is 1.34. The fourth-order valence-corrected chi connectivity index (χ4v) is 5.44. The number of nitrogens with zero attached hydrogens (tertiary/aromatic N) is 2. The Labute approximate surface area is 177 Å². The van der Waals surface area contributed by atoms with Crippen molar-refractivity contribution >= 4 is 23.2 Å². The van der Waals surface area contributed by atoms with Crippen LogP contribution in [0.4, 0.5) is 0 Å². The molecule has 1 saturated carbocycles. The van der Waals surface area contributed by atoms with Crippen molar-refractivity contribution in [2.24, 2.45) is 0 Å². The first-order valence-corrected chi connectivity index (χ1v) is 11.1. The van der Waals surface area contributed by atoms with Crippen LogP contribution >= 0.6 is 23.2 Å². The number of aromatic amines is 1. The SMILES string of the molecule is CN1CCC[C@H](c2n[nH]cc2Cl)[C@@H]1CO[C@H]1CC[C@@H](c2ccccc2Cl)CC1. The summed E-state index contributed by atoms with van der Waals surface area (Å²) in [5, 5.41) is 8.97. The van der Waals surface area contributed by atoms with Gasteiger partial charge in [0.1, 0.15) is 0 Å². The fraction of sp³-hybridized carbons (Fsp3) is 0.591. The summed E-state index contributed by atoms with van der Waals surface area (Å²) >= 11 is 12.8. The standard InChI is InChI=1S/C22H29Cl2N3O/c1-27-12-4-6-18(22-20(24)13-25-26-22)21(27)14-28-16-10-8-15(9-11-16)17-5-2-3-7-19(17)23/h2-3,5,7,13,15-16,18,21H,4,6,8-12,14H2,1H3,(H,25,26)/t15-,16+,18-,21-/m0/s1. The first kappa shape index (κ1) is 20.2. The smallest absolute Gasteiger partial charge is 0.0855 e. The summed E-state index contributed by atoms with van der Waals surface area (Å²) in [5.41, 5.74) is 2.28. The van der Waals surface area contributed by atoms with Crippen LogP contribution in [0.3, 0.4) is 0 Å². The van der Waals surface area contributed by atoms with E-state index in [2.05, 4.69) is 34.3 Å². The molecule has 1 aliphatic carbocycles. The van der Waals surface area contributed by atoms with Crippen LogP contribution in [0.15, 0.2) is 30.5 Å². The zero-order chi connectivity index (χ0) is 19.5. The highest BCUT2D eigenvalue weighted by atomic mass is 35.5. The maximum absolute atomic E-state index is 6.42. The lowest BCUT2D eigenvalue weighted by Gasteiger charge is -2.39. The molecule has 6 heteroatoms. The number of likely N-dealkylation sites (tertiary alicyclic amines) is 1. The Morgan fingerprint density at radius 2 is 1.89 bits per heavy atom. The van der Waals surface area contributed by atoms with Gasteiger partial charge < -0.3 is 9.64 Å². The summed E-state index contributed by atoms with van der Waals surface area (Å²) < 4.78 is 6.42. The predicted molar refractivity (Wildman–Crippen MR) is 114 cm³/mol.